The molecule has 3 aliphatic heterocycles. The number of anilines is 2. The van der Waals surface area contributed by atoms with Gasteiger partial charge in [0.25, 0.3) is 0 Å². The maximum atomic E-state index is 14.1. The summed E-state index contributed by atoms with van der Waals surface area (Å²) in [6, 6.07) is 10.1. The summed E-state index contributed by atoms with van der Waals surface area (Å²) in [6.07, 6.45) is 6.40. The minimum absolute atomic E-state index is 0.0185. The van der Waals surface area contributed by atoms with Gasteiger partial charge in [0, 0.05) is 55.9 Å². The van der Waals surface area contributed by atoms with E-state index in [1.54, 1.807) is 4.90 Å². The number of hydrogen-bond donors (Lipinski definition) is 2. The van der Waals surface area contributed by atoms with Crippen molar-refractivity contribution < 1.29 is 22.8 Å². The van der Waals surface area contributed by atoms with Gasteiger partial charge in [-0.1, -0.05) is 109 Å². The van der Waals surface area contributed by atoms with Crippen molar-refractivity contribution in [3.05, 3.63) is 94.2 Å². The van der Waals surface area contributed by atoms with Gasteiger partial charge < -0.3 is 25.8 Å². The molecule has 12 heteroatoms. The molecule has 0 spiro atoms. The highest BCUT2D eigenvalue weighted by Gasteiger charge is 2.36. The number of carbonyl (C=O) groups is 2. The van der Waals surface area contributed by atoms with E-state index < -0.39 is 23.3 Å². The van der Waals surface area contributed by atoms with Crippen LogP contribution >= 0.6 is 11.6 Å². The molecule has 3 amide bonds. The zero-order valence-corrected chi connectivity index (χ0v) is 36.2. The number of amidine groups is 1. The van der Waals surface area contributed by atoms with Gasteiger partial charge in [-0.05, 0) is 80.9 Å². The summed E-state index contributed by atoms with van der Waals surface area (Å²) < 4.78 is 42.0. The minimum atomic E-state index is -4.70. The highest BCUT2D eigenvalue weighted by molar-refractivity contribution is 6.33. The Morgan fingerprint density at radius 2 is 1.70 bits per heavy atom. The second kappa shape index (κ2) is 24.5. The molecule has 3 N–H and O–H groups in total. The van der Waals surface area contributed by atoms with Crippen LogP contribution in [0.2, 0.25) is 5.02 Å². The summed E-state index contributed by atoms with van der Waals surface area (Å²) >= 11 is 6.25. The van der Waals surface area contributed by atoms with Crippen molar-refractivity contribution in [1.29, 1.82) is 0 Å². The first kappa shape index (κ1) is 48.9. The van der Waals surface area contributed by atoms with Crippen molar-refractivity contribution in [2.45, 2.75) is 119 Å². The predicted octanol–water partition coefficient (Wildman–Crippen LogP) is 11.6. The zero-order valence-electron chi connectivity index (χ0n) is 35.4. The molecule has 57 heavy (non-hydrogen) atoms. The minimum Gasteiger partial charge on any atom is -0.397 e. The third-order valence-corrected chi connectivity index (χ3v) is 10.3. The Morgan fingerprint density at radius 1 is 1.04 bits per heavy atom. The lowest BCUT2D eigenvalue weighted by Crippen LogP contribution is -2.50. The number of allylic oxidation sites excluding steroid dienone is 3. The normalized spacial score (nSPS) is 18.1. The highest BCUT2D eigenvalue weighted by atomic mass is 35.5. The van der Waals surface area contributed by atoms with Crippen molar-refractivity contribution in [3.63, 3.8) is 0 Å². The summed E-state index contributed by atoms with van der Waals surface area (Å²) in [7, 11) is 0. The number of nitrogens with zero attached hydrogens (tertiary/aromatic N) is 4. The van der Waals surface area contributed by atoms with Crippen LogP contribution in [0.1, 0.15) is 111 Å². The number of unbranched alkanes of at least 4 members (excludes halogenated alkanes) is 1. The molecule has 0 saturated carbocycles. The Bertz CT molecular complexity index is 1700. The summed E-state index contributed by atoms with van der Waals surface area (Å²) in [5.41, 5.74) is 8.28. The summed E-state index contributed by atoms with van der Waals surface area (Å²) in [5, 5.41) is 2.85. The summed E-state index contributed by atoms with van der Waals surface area (Å²) in [4.78, 5) is 37.9. The molecular formula is C45H66ClF3N6O2. The average molecular weight is 816 g/mol. The van der Waals surface area contributed by atoms with Gasteiger partial charge in [-0.2, -0.15) is 13.2 Å². The van der Waals surface area contributed by atoms with Crippen LogP contribution in [0.5, 0.6) is 0 Å². The Kier molecular flexibility index (Phi) is 21.0. The molecule has 1 saturated heterocycles. The number of benzene rings is 2. The molecular weight excluding hydrogens is 749 g/mol. The summed E-state index contributed by atoms with van der Waals surface area (Å²) in [5.74, 6) is -0.116. The molecule has 3 aliphatic rings. The Balaban J connectivity index is 0.00000178. The lowest BCUT2D eigenvalue weighted by molar-refractivity contribution is -0.137. The van der Waals surface area contributed by atoms with Crippen molar-refractivity contribution in [1.82, 2.24) is 14.7 Å². The first-order valence-electron chi connectivity index (χ1n) is 20.9. The number of aliphatic imine (C=N–C) groups is 1. The molecule has 1 unspecified atom stereocenters. The Labute approximate surface area is 345 Å². The van der Waals surface area contributed by atoms with E-state index >= 15 is 0 Å². The first-order chi connectivity index (χ1) is 27.4. The van der Waals surface area contributed by atoms with Gasteiger partial charge in [0.05, 0.1) is 22.8 Å². The molecule has 2 aromatic rings. The van der Waals surface area contributed by atoms with Gasteiger partial charge in [0.1, 0.15) is 5.84 Å². The third kappa shape index (κ3) is 13.7. The van der Waals surface area contributed by atoms with E-state index in [4.69, 9.17) is 22.3 Å². The lowest BCUT2D eigenvalue weighted by Gasteiger charge is -2.38. The van der Waals surface area contributed by atoms with Crippen LogP contribution in [0.25, 0.3) is 0 Å². The number of urea groups is 1. The largest absolute Gasteiger partial charge is 0.418 e. The summed E-state index contributed by atoms with van der Waals surface area (Å²) in [6.45, 7) is 22.8. The van der Waals surface area contributed by atoms with Gasteiger partial charge in [-0.3, -0.25) is 9.79 Å². The standard InChI is InChI=1S/C39H48ClF3N6O2.3C2H6/c1-4-6-9-27-13-12-26(3)48(5-2)37(45-18-14-27)30(22-28-23-32(39(41,42)43)36(44)33(40)24-28)25-35(50)47-19-16-31(17-20-47)49-21-15-29-10-7-8-11-34(29)46-38(49)51;3*1-2/h7-8,10-14,23-24,30-31H,3-6,9,15-22,25,44H2,1-2H3,(H,46,51);3*1-2H3/b13-12-,27-14-,45-37?;;;. The van der Waals surface area contributed by atoms with Gasteiger partial charge in [-0.15, -0.1) is 0 Å². The number of rotatable bonds is 10. The van der Waals surface area contributed by atoms with E-state index in [2.05, 4.69) is 24.9 Å². The van der Waals surface area contributed by atoms with Gasteiger partial charge >= 0.3 is 12.2 Å². The monoisotopic (exact) mass is 814 g/mol. The zero-order chi connectivity index (χ0) is 42.7. The topological polar surface area (TPSA) is 94.3 Å². The van der Waals surface area contributed by atoms with E-state index in [1.807, 2.05) is 94.7 Å². The predicted molar refractivity (Wildman–Crippen MR) is 233 cm³/mol. The number of likely N-dealkylation sites (N-methyl/N-ethyl adjacent to an activating group) is 1. The molecule has 3 heterocycles. The Morgan fingerprint density at radius 3 is 2.33 bits per heavy atom. The lowest BCUT2D eigenvalue weighted by atomic mass is 9.91. The van der Waals surface area contributed by atoms with E-state index in [0.29, 0.717) is 62.7 Å². The second-order valence-electron chi connectivity index (χ2n) is 13.4. The molecule has 8 nitrogen and oxygen atoms in total. The molecule has 0 bridgehead atoms. The maximum absolute atomic E-state index is 14.1. The van der Waals surface area contributed by atoms with Crippen LogP contribution in [-0.4, -0.2) is 71.2 Å². The van der Waals surface area contributed by atoms with E-state index in [-0.39, 0.29) is 35.8 Å². The van der Waals surface area contributed by atoms with Crippen LogP contribution < -0.4 is 11.1 Å². The van der Waals surface area contributed by atoms with E-state index in [1.165, 1.54) is 6.07 Å². The second-order valence-corrected chi connectivity index (χ2v) is 13.8. The smallest absolute Gasteiger partial charge is 0.397 e. The SMILES string of the molecule is C=C1/C=C\C(CCCC)=C/CN=C(C(CC(=O)N2CCC(N3CCc4ccccc4NC3=O)CC2)Cc2cc(Cl)c(N)c(C(F)(F)F)c2)N1CC.CC.CC.CC. The Hall–Kier alpha value is -4.25. The van der Waals surface area contributed by atoms with Gasteiger partial charge in [0.2, 0.25) is 5.91 Å². The molecule has 1 atom stereocenters. The third-order valence-electron chi connectivity index (χ3n) is 10.0. The molecule has 2 aromatic carbocycles. The van der Waals surface area contributed by atoms with Crippen molar-refractivity contribution in [3.8, 4) is 0 Å². The quantitative estimate of drug-likeness (QED) is 0.234. The van der Waals surface area contributed by atoms with Crippen LogP contribution in [0.15, 0.2) is 77.5 Å². The fraction of sp³-hybridized carbons (Fsp3) is 0.533. The number of nitrogen functional groups attached to an aromatic ring is 1. The molecule has 1 fully saturated rings. The van der Waals surface area contributed by atoms with Crippen molar-refractivity contribution in [2.75, 3.05) is 43.8 Å². The van der Waals surface area contributed by atoms with Crippen molar-refractivity contribution in [2.24, 2.45) is 10.9 Å². The fourth-order valence-electron chi connectivity index (χ4n) is 7.20. The van der Waals surface area contributed by atoms with Crippen LogP contribution in [0.3, 0.4) is 0 Å². The number of hydrogen-bond acceptors (Lipinski definition) is 5. The number of nitrogens with two attached hydrogens (primary N) is 1. The van der Waals surface area contributed by atoms with Gasteiger partial charge in [0.15, 0.2) is 0 Å². The number of amides is 3. The maximum Gasteiger partial charge on any atom is 0.418 e. The number of fused-ring (bicyclic) bond motifs is 1. The molecule has 0 radical (unpaired) electrons. The number of nitrogens with one attached hydrogen (secondary N) is 1. The molecule has 0 aromatic heterocycles. The van der Waals surface area contributed by atoms with Crippen molar-refractivity contribution >= 4 is 40.7 Å². The highest BCUT2D eigenvalue weighted by Crippen LogP contribution is 2.39. The number of carbonyl (C=O) groups excluding carboxylic acids is 2. The van der Waals surface area contributed by atoms with Gasteiger partial charge in [-0.25, -0.2) is 4.79 Å². The number of likely N-dealkylation sites (tertiary alicyclic amines) is 1. The number of para-hydroxylation sites is 1. The van der Waals surface area contributed by atoms with Crippen LogP contribution in [-0.2, 0) is 23.8 Å². The molecule has 0 aliphatic carbocycles. The number of piperidine rings is 1. The van der Waals surface area contributed by atoms with Crippen LogP contribution in [0, 0.1) is 5.92 Å². The molecule has 316 valence electrons. The van der Waals surface area contributed by atoms with Crippen LogP contribution in [0.4, 0.5) is 29.3 Å². The van der Waals surface area contributed by atoms with E-state index in [0.717, 1.165) is 48.6 Å². The van der Waals surface area contributed by atoms with E-state index in [9.17, 15) is 22.8 Å². The molecule has 5 rings (SSSR count). The average Bonchev–Trinajstić information content (AvgIpc) is 3.33. The first-order valence-corrected chi connectivity index (χ1v) is 21.2. The number of halogens is 4. The fourth-order valence-corrected chi connectivity index (χ4v) is 7.44. The number of alkyl halides is 3.